The van der Waals surface area contributed by atoms with Gasteiger partial charge in [-0.3, -0.25) is 19.2 Å². The molecule has 45 heavy (non-hydrogen) atoms. The van der Waals surface area contributed by atoms with Crippen molar-refractivity contribution in [3.8, 4) is 0 Å². The van der Waals surface area contributed by atoms with E-state index < -0.39 is 35.9 Å². The van der Waals surface area contributed by atoms with Gasteiger partial charge in [0.05, 0.1) is 6.61 Å². The number of benzene rings is 1. The molecule has 3 N–H and O–H groups in total. The number of aryl methyl sites for hydroxylation is 1. The SMILES string of the molecule is CCOC(=O)/C=C/[C@H](C[C@@H]1CCNC1=O)NC(=O)[C@@H]1C[C@@H](Cc2ccccc2)CN1C(=O)[C@@H](NC(=O)c1cc(C)on1)C(C)C. The van der Waals surface area contributed by atoms with Crippen LogP contribution in [0.3, 0.4) is 0 Å². The molecule has 1 aromatic carbocycles. The van der Waals surface area contributed by atoms with Crippen molar-refractivity contribution in [3.05, 3.63) is 65.6 Å². The van der Waals surface area contributed by atoms with E-state index in [1.54, 1.807) is 24.8 Å². The van der Waals surface area contributed by atoms with Gasteiger partial charge >= 0.3 is 5.97 Å². The van der Waals surface area contributed by atoms with Gasteiger partial charge in [0.25, 0.3) is 5.91 Å². The first-order chi connectivity index (χ1) is 21.5. The van der Waals surface area contributed by atoms with Crippen LogP contribution in [-0.4, -0.2) is 77.5 Å². The van der Waals surface area contributed by atoms with E-state index in [-0.39, 0.29) is 41.9 Å². The summed E-state index contributed by atoms with van der Waals surface area (Å²) in [7, 11) is 0. The molecule has 2 fully saturated rings. The lowest BCUT2D eigenvalue weighted by atomic mass is 9.95. The summed E-state index contributed by atoms with van der Waals surface area (Å²) in [4.78, 5) is 67.0. The molecule has 0 aliphatic carbocycles. The van der Waals surface area contributed by atoms with Crippen LogP contribution in [0, 0.1) is 24.7 Å². The van der Waals surface area contributed by atoms with Gasteiger partial charge in [0.2, 0.25) is 17.7 Å². The number of nitrogens with one attached hydrogen (secondary N) is 3. The number of carbonyl (C=O) groups is 5. The minimum atomic E-state index is -0.915. The zero-order valence-electron chi connectivity index (χ0n) is 26.3. The second-order valence-corrected chi connectivity index (χ2v) is 12.1. The summed E-state index contributed by atoms with van der Waals surface area (Å²) in [6.45, 7) is 8.10. The number of aromatic nitrogens is 1. The lowest BCUT2D eigenvalue weighted by Crippen LogP contribution is -2.56. The number of rotatable bonds is 13. The van der Waals surface area contributed by atoms with Gasteiger partial charge in [-0.1, -0.05) is 55.4 Å². The number of hydrogen-bond donors (Lipinski definition) is 3. The van der Waals surface area contributed by atoms with E-state index in [1.807, 2.05) is 44.2 Å². The van der Waals surface area contributed by atoms with Crippen molar-refractivity contribution >= 4 is 29.6 Å². The van der Waals surface area contributed by atoms with Gasteiger partial charge in [0, 0.05) is 37.2 Å². The molecular formula is C33H43N5O7. The summed E-state index contributed by atoms with van der Waals surface area (Å²) < 4.78 is 10.0. The van der Waals surface area contributed by atoms with Gasteiger partial charge in [-0.05, 0) is 56.9 Å². The molecular weight excluding hydrogens is 578 g/mol. The summed E-state index contributed by atoms with van der Waals surface area (Å²) >= 11 is 0. The number of esters is 1. The van der Waals surface area contributed by atoms with Crippen molar-refractivity contribution in [2.75, 3.05) is 19.7 Å². The van der Waals surface area contributed by atoms with Crippen molar-refractivity contribution in [2.24, 2.45) is 17.8 Å². The smallest absolute Gasteiger partial charge is 0.330 e. The number of carbonyl (C=O) groups excluding carboxylic acids is 5. The summed E-state index contributed by atoms with van der Waals surface area (Å²) in [6.07, 6.45) is 4.79. The third kappa shape index (κ3) is 9.02. The fourth-order valence-electron chi connectivity index (χ4n) is 5.92. The molecule has 0 spiro atoms. The molecule has 0 radical (unpaired) electrons. The monoisotopic (exact) mass is 621 g/mol. The summed E-state index contributed by atoms with van der Waals surface area (Å²) in [6, 6.07) is 8.98. The Bertz CT molecular complexity index is 1390. The van der Waals surface area contributed by atoms with Gasteiger partial charge in [0.1, 0.15) is 17.8 Å². The predicted octanol–water partition coefficient (Wildman–Crippen LogP) is 2.33. The molecule has 4 amide bonds. The minimum Gasteiger partial charge on any atom is -0.463 e. The van der Waals surface area contributed by atoms with Crippen LogP contribution in [0.5, 0.6) is 0 Å². The second kappa shape index (κ2) is 15.5. The van der Waals surface area contributed by atoms with E-state index in [1.165, 1.54) is 12.1 Å². The highest BCUT2D eigenvalue weighted by atomic mass is 16.5. The molecule has 3 heterocycles. The minimum absolute atomic E-state index is 0.0112. The first-order valence-corrected chi connectivity index (χ1v) is 15.6. The molecule has 0 bridgehead atoms. The Morgan fingerprint density at radius 2 is 1.93 bits per heavy atom. The van der Waals surface area contributed by atoms with Crippen molar-refractivity contribution in [1.82, 2.24) is 26.0 Å². The highest BCUT2D eigenvalue weighted by molar-refractivity contribution is 5.97. The highest BCUT2D eigenvalue weighted by Gasteiger charge is 2.43. The van der Waals surface area contributed by atoms with Crippen LogP contribution in [0.4, 0.5) is 0 Å². The van der Waals surface area contributed by atoms with Crippen LogP contribution >= 0.6 is 0 Å². The summed E-state index contributed by atoms with van der Waals surface area (Å²) in [5, 5.41) is 12.4. The lowest BCUT2D eigenvalue weighted by Gasteiger charge is -2.31. The van der Waals surface area contributed by atoms with E-state index in [0.29, 0.717) is 44.5 Å². The zero-order valence-corrected chi connectivity index (χ0v) is 26.3. The average Bonchev–Trinajstić information content (AvgIpc) is 3.75. The Hall–Kier alpha value is -4.48. The molecule has 0 unspecified atom stereocenters. The summed E-state index contributed by atoms with van der Waals surface area (Å²) in [5.74, 6) is -2.11. The highest BCUT2D eigenvalue weighted by Crippen LogP contribution is 2.29. The molecule has 4 rings (SSSR count). The first-order valence-electron chi connectivity index (χ1n) is 15.6. The van der Waals surface area contributed by atoms with Gasteiger partial charge in [-0.2, -0.15) is 0 Å². The van der Waals surface area contributed by atoms with Gasteiger partial charge in [-0.15, -0.1) is 0 Å². The Kier molecular flexibility index (Phi) is 11.5. The number of hydrogen-bond acceptors (Lipinski definition) is 8. The van der Waals surface area contributed by atoms with Crippen molar-refractivity contribution in [3.63, 3.8) is 0 Å². The topological polar surface area (TPSA) is 160 Å². The van der Waals surface area contributed by atoms with Crippen LogP contribution in [0.15, 0.2) is 53.1 Å². The van der Waals surface area contributed by atoms with Crippen molar-refractivity contribution in [1.29, 1.82) is 0 Å². The fourth-order valence-corrected chi connectivity index (χ4v) is 5.92. The van der Waals surface area contributed by atoms with E-state index in [9.17, 15) is 24.0 Å². The van der Waals surface area contributed by atoms with E-state index >= 15 is 0 Å². The van der Waals surface area contributed by atoms with Gasteiger partial charge < -0.3 is 30.1 Å². The maximum atomic E-state index is 14.1. The number of amides is 4. The quantitative estimate of drug-likeness (QED) is 0.227. The molecule has 2 aliphatic heterocycles. The van der Waals surface area contributed by atoms with Crippen LogP contribution < -0.4 is 16.0 Å². The third-order valence-electron chi connectivity index (χ3n) is 8.20. The zero-order chi connectivity index (χ0) is 32.5. The molecule has 12 nitrogen and oxygen atoms in total. The first kappa shape index (κ1) is 33.4. The lowest BCUT2D eigenvalue weighted by molar-refractivity contribution is -0.140. The van der Waals surface area contributed by atoms with E-state index in [2.05, 4.69) is 21.1 Å². The molecule has 12 heteroatoms. The number of likely N-dealkylation sites (tertiary alicyclic amines) is 1. The largest absolute Gasteiger partial charge is 0.463 e. The Labute approximate surface area is 263 Å². The third-order valence-corrected chi connectivity index (χ3v) is 8.20. The number of nitrogens with zero attached hydrogens (tertiary/aromatic N) is 2. The molecule has 2 aromatic rings. The fraction of sp³-hybridized carbons (Fsp3) is 0.515. The number of ether oxygens (including phenoxy) is 1. The van der Waals surface area contributed by atoms with E-state index in [4.69, 9.17) is 9.26 Å². The molecule has 2 saturated heterocycles. The van der Waals surface area contributed by atoms with Gasteiger partial charge in [0.15, 0.2) is 5.69 Å². The molecule has 2 aliphatic rings. The standard InChI is InChI=1S/C33H43N5O7/c1-5-44-28(39)12-11-25(18-24-13-14-34-30(24)40)35-32(42)27-17-23(16-22-9-7-6-8-10-22)19-38(27)33(43)29(20(2)3)36-31(41)26-15-21(4)45-37-26/h6-12,15,20,23-25,27,29H,5,13-14,16-19H2,1-4H3,(H,34,40)(H,35,42)(H,36,41)/b12-11+/t23-,24+,25-,27+,29+/m1/s1. The van der Waals surface area contributed by atoms with Crippen LogP contribution in [-0.2, 0) is 30.3 Å². The molecule has 242 valence electrons. The maximum absolute atomic E-state index is 14.1. The Morgan fingerprint density at radius 3 is 2.56 bits per heavy atom. The van der Waals surface area contributed by atoms with Crippen molar-refractivity contribution < 1.29 is 33.2 Å². The van der Waals surface area contributed by atoms with E-state index in [0.717, 1.165) is 5.56 Å². The second-order valence-electron chi connectivity index (χ2n) is 12.1. The maximum Gasteiger partial charge on any atom is 0.330 e. The van der Waals surface area contributed by atoms with Crippen LogP contribution in [0.25, 0.3) is 0 Å². The molecule has 5 atom stereocenters. The predicted molar refractivity (Wildman–Crippen MR) is 165 cm³/mol. The Morgan fingerprint density at radius 1 is 1.18 bits per heavy atom. The van der Waals surface area contributed by atoms with Crippen LogP contribution in [0.1, 0.15) is 61.8 Å². The van der Waals surface area contributed by atoms with Crippen molar-refractivity contribution in [2.45, 2.75) is 71.5 Å². The average molecular weight is 622 g/mol. The summed E-state index contributed by atoms with van der Waals surface area (Å²) in [5.41, 5.74) is 1.16. The normalized spacial score (nSPS) is 21.0. The molecule has 1 aromatic heterocycles. The van der Waals surface area contributed by atoms with Crippen LogP contribution in [0.2, 0.25) is 0 Å². The van der Waals surface area contributed by atoms with Gasteiger partial charge in [-0.25, -0.2) is 4.79 Å². The molecule has 0 saturated carbocycles. The Balaban J connectivity index is 1.56.